The van der Waals surface area contributed by atoms with Gasteiger partial charge in [-0.15, -0.1) is 0 Å². The van der Waals surface area contributed by atoms with Crippen LogP contribution in [0.1, 0.15) is 0 Å². The molecule has 0 saturated carbocycles. The predicted octanol–water partition coefficient (Wildman–Crippen LogP) is -1.40. The zero-order valence-electron chi connectivity index (χ0n) is 6.01. The summed E-state index contributed by atoms with van der Waals surface area (Å²) < 4.78 is 20.7. The largest absolute Gasteiger partial charge is 0.768 e. The van der Waals surface area contributed by atoms with E-state index in [1.165, 1.54) is 24.3 Å². The molecule has 0 radical (unpaired) electrons. The number of hydrogen-bond acceptors (Lipinski definition) is 4. The van der Waals surface area contributed by atoms with E-state index in [1.54, 1.807) is 0 Å². The van der Waals surface area contributed by atoms with Crippen LogP contribution in [0, 0.1) is 0 Å². The standard InChI is InChI=1S/C6H7BO4S/c8-7(9)5-1-3-6(4-2-5)12(10)11/h1-4,8-9H,(H,10,11)/p-1. The quantitative estimate of drug-likeness (QED) is 0.438. The molecule has 0 aliphatic rings. The Morgan fingerprint density at radius 3 is 2.08 bits per heavy atom. The number of rotatable bonds is 2. The van der Waals surface area contributed by atoms with Gasteiger partial charge in [-0.25, -0.2) is 0 Å². The van der Waals surface area contributed by atoms with Gasteiger partial charge in [0.25, 0.3) is 0 Å². The van der Waals surface area contributed by atoms with Crippen molar-refractivity contribution >= 4 is 23.7 Å². The van der Waals surface area contributed by atoms with Gasteiger partial charge in [-0.05, 0) is 28.7 Å². The second kappa shape index (κ2) is 3.82. The minimum absolute atomic E-state index is 0.124. The van der Waals surface area contributed by atoms with Crippen LogP contribution in [0.2, 0.25) is 0 Å². The lowest BCUT2D eigenvalue weighted by molar-refractivity contribution is 0.425. The van der Waals surface area contributed by atoms with E-state index in [1.807, 2.05) is 0 Å². The third-order valence-electron chi connectivity index (χ3n) is 1.37. The maximum absolute atomic E-state index is 10.4. The summed E-state index contributed by atoms with van der Waals surface area (Å²) in [5, 5.41) is 17.3. The van der Waals surface area contributed by atoms with Crippen LogP contribution >= 0.6 is 0 Å². The second-order valence-electron chi connectivity index (χ2n) is 2.18. The Balaban J connectivity index is 2.93. The second-order valence-corrected chi connectivity index (χ2v) is 3.12. The fourth-order valence-corrected chi connectivity index (χ4v) is 1.11. The summed E-state index contributed by atoms with van der Waals surface area (Å²) in [6.45, 7) is 0. The number of hydrogen-bond donors (Lipinski definition) is 2. The molecule has 0 aliphatic carbocycles. The van der Waals surface area contributed by atoms with E-state index in [0.717, 1.165) is 0 Å². The van der Waals surface area contributed by atoms with Gasteiger partial charge in [0, 0.05) is 4.90 Å². The molecule has 0 aromatic heterocycles. The zero-order chi connectivity index (χ0) is 9.14. The Hall–Kier alpha value is -0.685. The van der Waals surface area contributed by atoms with E-state index in [9.17, 15) is 8.76 Å². The highest BCUT2D eigenvalue weighted by atomic mass is 32.2. The fraction of sp³-hybridized carbons (Fsp3) is 0. The minimum Gasteiger partial charge on any atom is -0.768 e. The van der Waals surface area contributed by atoms with Gasteiger partial charge in [0.2, 0.25) is 0 Å². The summed E-state index contributed by atoms with van der Waals surface area (Å²) >= 11 is -2.26. The summed E-state index contributed by atoms with van der Waals surface area (Å²) in [6, 6.07) is 5.29. The van der Waals surface area contributed by atoms with Crippen molar-refractivity contribution < 1.29 is 18.8 Å². The van der Waals surface area contributed by atoms with E-state index >= 15 is 0 Å². The zero-order valence-corrected chi connectivity index (χ0v) is 6.82. The molecule has 0 aliphatic heterocycles. The third-order valence-corrected chi connectivity index (χ3v) is 2.03. The fourth-order valence-electron chi connectivity index (χ4n) is 0.751. The van der Waals surface area contributed by atoms with Crippen molar-refractivity contribution in [3.8, 4) is 0 Å². The molecule has 0 amide bonds. The molecule has 2 N–H and O–H groups in total. The Labute approximate surface area is 72.3 Å². The molecule has 64 valence electrons. The maximum Gasteiger partial charge on any atom is 0.488 e. The Kier molecular flexibility index (Phi) is 2.99. The van der Waals surface area contributed by atoms with Gasteiger partial charge >= 0.3 is 7.12 Å². The lowest BCUT2D eigenvalue weighted by atomic mass is 9.81. The van der Waals surface area contributed by atoms with Crippen LogP contribution in [-0.4, -0.2) is 25.9 Å². The third kappa shape index (κ3) is 2.15. The SMILES string of the molecule is O=S([O-])c1ccc(B(O)O)cc1. The molecule has 1 atom stereocenters. The van der Waals surface area contributed by atoms with Crippen LogP contribution in [0.15, 0.2) is 29.2 Å². The van der Waals surface area contributed by atoms with Crippen molar-refractivity contribution in [3.05, 3.63) is 24.3 Å². The smallest absolute Gasteiger partial charge is 0.488 e. The average Bonchev–Trinajstić information content (AvgIpc) is 2.04. The first kappa shape index (κ1) is 9.40. The molecule has 0 heterocycles. The molecule has 1 aromatic carbocycles. The molecule has 4 nitrogen and oxygen atoms in total. The molecule has 1 aromatic rings. The highest BCUT2D eigenvalue weighted by Gasteiger charge is 2.09. The first-order chi connectivity index (χ1) is 5.61. The molecule has 1 unspecified atom stereocenters. The molecular weight excluding hydrogens is 179 g/mol. The van der Waals surface area contributed by atoms with Crippen molar-refractivity contribution in [2.24, 2.45) is 0 Å². The van der Waals surface area contributed by atoms with Gasteiger partial charge in [-0.2, -0.15) is 0 Å². The van der Waals surface area contributed by atoms with Crippen LogP contribution in [0.4, 0.5) is 0 Å². The molecule has 0 spiro atoms. The van der Waals surface area contributed by atoms with Crippen LogP contribution in [0.25, 0.3) is 0 Å². The first-order valence-corrected chi connectivity index (χ1v) is 4.24. The molecule has 6 heteroatoms. The molecule has 0 saturated heterocycles. The summed E-state index contributed by atoms with van der Waals surface area (Å²) in [5.41, 5.74) is 0.268. The highest BCUT2D eigenvalue weighted by molar-refractivity contribution is 7.79. The van der Waals surface area contributed by atoms with Gasteiger partial charge in [0.05, 0.1) is 0 Å². The van der Waals surface area contributed by atoms with Gasteiger partial charge in [-0.3, -0.25) is 4.21 Å². The molecule has 1 rings (SSSR count). The van der Waals surface area contributed by atoms with E-state index in [4.69, 9.17) is 10.0 Å². The van der Waals surface area contributed by atoms with Crippen molar-refractivity contribution in [2.45, 2.75) is 4.90 Å². The molecule has 0 fully saturated rings. The lowest BCUT2D eigenvalue weighted by Crippen LogP contribution is -2.29. The highest BCUT2D eigenvalue weighted by Crippen LogP contribution is 2.00. The van der Waals surface area contributed by atoms with Crippen LogP contribution in [0.3, 0.4) is 0 Å². The van der Waals surface area contributed by atoms with E-state index in [0.29, 0.717) is 0 Å². The minimum atomic E-state index is -2.26. The molecule has 0 bridgehead atoms. The normalized spacial score (nSPS) is 12.6. The average molecular weight is 185 g/mol. The first-order valence-electron chi connectivity index (χ1n) is 3.16. The Morgan fingerprint density at radius 1 is 1.25 bits per heavy atom. The monoisotopic (exact) mass is 185 g/mol. The van der Waals surface area contributed by atoms with E-state index < -0.39 is 18.2 Å². The Bertz CT molecular complexity index is 284. The predicted molar refractivity (Wildman–Crippen MR) is 43.5 cm³/mol. The summed E-state index contributed by atoms with van der Waals surface area (Å²) in [5.74, 6) is 0. The van der Waals surface area contributed by atoms with Crippen LogP contribution < -0.4 is 5.46 Å². The van der Waals surface area contributed by atoms with E-state index in [2.05, 4.69) is 0 Å². The van der Waals surface area contributed by atoms with Gasteiger partial charge < -0.3 is 14.6 Å². The van der Waals surface area contributed by atoms with Gasteiger partial charge in [-0.1, -0.05) is 12.1 Å². The summed E-state index contributed by atoms with van der Waals surface area (Å²) in [6.07, 6.45) is 0. The summed E-state index contributed by atoms with van der Waals surface area (Å²) in [4.78, 5) is 0.124. The number of benzene rings is 1. The lowest BCUT2D eigenvalue weighted by Gasteiger charge is -2.05. The summed E-state index contributed by atoms with van der Waals surface area (Å²) in [7, 11) is -1.56. The van der Waals surface area contributed by atoms with Crippen molar-refractivity contribution in [1.29, 1.82) is 0 Å². The molecule has 12 heavy (non-hydrogen) atoms. The maximum atomic E-state index is 10.4. The van der Waals surface area contributed by atoms with Crippen molar-refractivity contribution in [2.75, 3.05) is 0 Å². The van der Waals surface area contributed by atoms with Crippen LogP contribution in [-0.2, 0) is 11.1 Å². The van der Waals surface area contributed by atoms with Crippen molar-refractivity contribution in [1.82, 2.24) is 0 Å². The molecular formula is C6H6BO4S-. The van der Waals surface area contributed by atoms with Crippen LogP contribution in [0.5, 0.6) is 0 Å². The van der Waals surface area contributed by atoms with Gasteiger partial charge in [0.15, 0.2) is 0 Å². The Morgan fingerprint density at radius 2 is 1.75 bits per heavy atom. The topological polar surface area (TPSA) is 80.6 Å². The van der Waals surface area contributed by atoms with Crippen molar-refractivity contribution in [3.63, 3.8) is 0 Å². The van der Waals surface area contributed by atoms with E-state index in [-0.39, 0.29) is 10.4 Å². The van der Waals surface area contributed by atoms with Gasteiger partial charge in [0.1, 0.15) is 0 Å².